The molecule has 1 fully saturated rings. The van der Waals surface area contributed by atoms with Gasteiger partial charge in [0.05, 0.1) is 0 Å². The zero-order chi connectivity index (χ0) is 18.6. The predicted molar refractivity (Wildman–Crippen MR) is 92.9 cm³/mol. The number of piperidine rings is 1. The molecule has 1 amide bonds. The number of methoxy groups -OCH3 is 1. The fourth-order valence-corrected chi connectivity index (χ4v) is 3.26. The third-order valence-corrected chi connectivity index (χ3v) is 4.31. The van der Waals surface area contributed by atoms with E-state index in [1.807, 2.05) is 30.3 Å². The van der Waals surface area contributed by atoms with Crippen LogP contribution in [-0.4, -0.2) is 47.9 Å². The molecule has 2 rings (SSSR count). The van der Waals surface area contributed by atoms with E-state index in [4.69, 9.17) is 9.47 Å². The van der Waals surface area contributed by atoms with E-state index in [0.29, 0.717) is 6.42 Å². The van der Waals surface area contributed by atoms with Crippen molar-refractivity contribution in [1.82, 2.24) is 4.90 Å². The van der Waals surface area contributed by atoms with Crippen molar-refractivity contribution in [2.45, 2.75) is 44.9 Å². The van der Waals surface area contributed by atoms with Gasteiger partial charge in [-0.05, 0) is 38.7 Å². The van der Waals surface area contributed by atoms with Crippen molar-refractivity contribution in [1.29, 1.82) is 0 Å². The van der Waals surface area contributed by atoms with Crippen LogP contribution in [0.1, 0.15) is 38.7 Å². The third kappa shape index (κ3) is 5.16. The Bertz CT molecular complexity index is 599. The maximum Gasteiger partial charge on any atom is 0.412 e. The lowest BCUT2D eigenvalue weighted by Crippen LogP contribution is -2.53. The fourth-order valence-electron chi connectivity index (χ4n) is 3.26. The summed E-state index contributed by atoms with van der Waals surface area (Å²) in [4.78, 5) is 24.8. The highest BCUT2D eigenvalue weighted by Crippen LogP contribution is 2.37. The van der Waals surface area contributed by atoms with Crippen LogP contribution in [0.5, 0.6) is 0 Å². The van der Waals surface area contributed by atoms with Gasteiger partial charge in [-0.15, -0.1) is 0 Å². The van der Waals surface area contributed by atoms with Gasteiger partial charge in [-0.1, -0.05) is 30.3 Å². The van der Waals surface area contributed by atoms with Gasteiger partial charge in [-0.3, -0.25) is 15.0 Å². The molecule has 1 saturated heterocycles. The molecule has 7 nitrogen and oxygen atoms in total. The molecule has 1 aromatic carbocycles. The average Bonchev–Trinajstić information content (AvgIpc) is 2.53. The summed E-state index contributed by atoms with van der Waals surface area (Å²) in [5.41, 5.74) is 0.393. The topological polar surface area (TPSA) is 81.9 Å². The summed E-state index contributed by atoms with van der Waals surface area (Å²) in [5.74, 6) is -0.341. The molecule has 3 atom stereocenters. The first-order valence-electron chi connectivity index (χ1n) is 8.40. The number of ether oxygens (including phenoxy) is 2. The van der Waals surface area contributed by atoms with E-state index in [1.165, 1.54) is 12.0 Å². The Labute approximate surface area is 148 Å². The van der Waals surface area contributed by atoms with Gasteiger partial charge in [0.1, 0.15) is 11.8 Å². The molecule has 25 heavy (non-hydrogen) atoms. The molecule has 0 saturated carbocycles. The summed E-state index contributed by atoms with van der Waals surface area (Å²) in [6.07, 6.45) is -0.472. The fraction of sp³-hybridized carbons (Fsp3) is 0.611. The normalized spacial score (nSPS) is 24.0. The average molecular weight is 350 g/mol. The Balaban J connectivity index is 2.25. The van der Waals surface area contributed by atoms with E-state index in [1.54, 1.807) is 20.8 Å². The van der Waals surface area contributed by atoms with Crippen molar-refractivity contribution in [2.75, 3.05) is 20.2 Å². The summed E-state index contributed by atoms with van der Waals surface area (Å²) in [6.45, 7) is 5.40. The molecule has 0 bridgehead atoms. The third-order valence-electron chi connectivity index (χ3n) is 4.31. The SMILES string of the molecule is COC1CC(c2ccccc2)C(C[N+](=O)[O-])CN1C(=O)OC(C)(C)C. The van der Waals surface area contributed by atoms with E-state index in [2.05, 4.69) is 0 Å². The Hall–Kier alpha value is -2.15. The lowest BCUT2D eigenvalue weighted by Gasteiger charge is -2.42. The van der Waals surface area contributed by atoms with Crippen molar-refractivity contribution in [3.8, 4) is 0 Å². The Morgan fingerprint density at radius 2 is 1.96 bits per heavy atom. The molecule has 1 aliphatic rings. The van der Waals surface area contributed by atoms with Gasteiger partial charge in [0.15, 0.2) is 0 Å². The minimum absolute atomic E-state index is 0.0461. The quantitative estimate of drug-likeness (QED) is 0.615. The first kappa shape index (κ1) is 19.2. The zero-order valence-electron chi connectivity index (χ0n) is 15.2. The van der Waals surface area contributed by atoms with E-state index in [-0.39, 0.29) is 29.8 Å². The molecule has 138 valence electrons. The lowest BCUT2D eigenvalue weighted by molar-refractivity contribution is -0.490. The standard InChI is InChI=1S/C18H26N2O5/c1-18(2,3)25-17(21)19-11-14(12-20(22)23)15(10-16(19)24-4)13-8-6-5-7-9-13/h5-9,14-16H,10-12H2,1-4H3. The second kappa shape index (κ2) is 7.82. The molecular weight excluding hydrogens is 324 g/mol. The maximum atomic E-state index is 12.5. The van der Waals surface area contributed by atoms with Crippen LogP contribution < -0.4 is 0 Å². The Kier molecular flexibility index (Phi) is 6.00. The van der Waals surface area contributed by atoms with Crippen molar-refractivity contribution in [3.63, 3.8) is 0 Å². The van der Waals surface area contributed by atoms with Gasteiger partial charge in [-0.25, -0.2) is 4.79 Å². The second-order valence-electron chi connectivity index (χ2n) is 7.35. The van der Waals surface area contributed by atoms with Crippen LogP contribution in [0.25, 0.3) is 0 Å². The Morgan fingerprint density at radius 3 is 2.48 bits per heavy atom. The van der Waals surface area contributed by atoms with E-state index < -0.39 is 17.9 Å². The largest absolute Gasteiger partial charge is 0.444 e. The zero-order valence-corrected chi connectivity index (χ0v) is 15.2. The number of benzene rings is 1. The Morgan fingerprint density at radius 1 is 1.32 bits per heavy atom. The van der Waals surface area contributed by atoms with Crippen molar-refractivity contribution >= 4 is 6.09 Å². The summed E-state index contributed by atoms with van der Waals surface area (Å²) in [7, 11) is 1.54. The number of likely N-dealkylation sites (tertiary alicyclic amines) is 1. The molecule has 1 aliphatic heterocycles. The first-order chi connectivity index (χ1) is 11.7. The van der Waals surface area contributed by atoms with Crippen LogP contribution in [0.4, 0.5) is 4.79 Å². The van der Waals surface area contributed by atoms with Crippen LogP contribution in [0.15, 0.2) is 30.3 Å². The first-order valence-corrected chi connectivity index (χ1v) is 8.40. The maximum absolute atomic E-state index is 12.5. The van der Waals surface area contributed by atoms with Gasteiger partial charge in [-0.2, -0.15) is 0 Å². The molecule has 0 spiro atoms. The van der Waals surface area contributed by atoms with E-state index in [9.17, 15) is 14.9 Å². The number of carbonyl (C=O) groups excluding carboxylic acids is 1. The number of amides is 1. The molecule has 0 aliphatic carbocycles. The number of carbonyl (C=O) groups is 1. The predicted octanol–water partition coefficient (Wildman–Crippen LogP) is 3.28. The number of hydrogen-bond acceptors (Lipinski definition) is 5. The summed E-state index contributed by atoms with van der Waals surface area (Å²) in [5, 5.41) is 11.1. The molecule has 7 heteroatoms. The minimum atomic E-state index is -0.635. The second-order valence-corrected chi connectivity index (χ2v) is 7.35. The van der Waals surface area contributed by atoms with Gasteiger partial charge < -0.3 is 9.47 Å². The van der Waals surface area contributed by atoms with Crippen molar-refractivity contribution < 1.29 is 19.2 Å². The summed E-state index contributed by atoms with van der Waals surface area (Å²) in [6, 6.07) is 9.68. The molecule has 3 unspecified atom stereocenters. The molecule has 0 N–H and O–H groups in total. The highest BCUT2D eigenvalue weighted by Gasteiger charge is 2.42. The molecular formula is C18H26N2O5. The van der Waals surface area contributed by atoms with E-state index in [0.717, 1.165) is 5.56 Å². The van der Waals surface area contributed by atoms with Gasteiger partial charge in [0.25, 0.3) is 0 Å². The summed E-state index contributed by atoms with van der Waals surface area (Å²) < 4.78 is 10.9. The van der Waals surface area contributed by atoms with Gasteiger partial charge in [0.2, 0.25) is 6.54 Å². The van der Waals surface area contributed by atoms with E-state index >= 15 is 0 Å². The smallest absolute Gasteiger partial charge is 0.412 e. The number of rotatable bonds is 4. The highest BCUT2D eigenvalue weighted by molar-refractivity contribution is 5.68. The molecule has 0 radical (unpaired) electrons. The van der Waals surface area contributed by atoms with Crippen LogP contribution >= 0.6 is 0 Å². The number of hydrogen-bond donors (Lipinski definition) is 0. The molecule has 0 aromatic heterocycles. The van der Waals surface area contributed by atoms with Crippen LogP contribution in [0, 0.1) is 16.0 Å². The minimum Gasteiger partial charge on any atom is -0.444 e. The monoisotopic (exact) mass is 350 g/mol. The van der Waals surface area contributed by atoms with Crippen LogP contribution in [0.3, 0.4) is 0 Å². The van der Waals surface area contributed by atoms with Crippen molar-refractivity contribution in [3.05, 3.63) is 46.0 Å². The number of nitrogens with zero attached hydrogens (tertiary/aromatic N) is 2. The number of nitro groups is 1. The van der Waals surface area contributed by atoms with Crippen LogP contribution in [0.2, 0.25) is 0 Å². The highest BCUT2D eigenvalue weighted by atomic mass is 16.6. The summed E-state index contributed by atoms with van der Waals surface area (Å²) >= 11 is 0. The van der Waals surface area contributed by atoms with Crippen LogP contribution in [-0.2, 0) is 9.47 Å². The molecule has 1 heterocycles. The molecule has 1 aromatic rings. The van der Waals surface area contributed by atoms with Crippen molar-refractivity contribution in [2.24, 2.45) is 5.92 Å². The lowest BCUT2D eigenvalue weighted by atomic mass is 9.79. The van der Waals surface area contributed by atoms with Gasteiger partial charge >= 0.3 is 6.09 Å². The van der Waals surface area contributed by atoms with Gasteiger partial charge in [0, 0.05) is 24.5 Å².